The van der Waals surface area contributed by atoms with Gasteiger partial charge in [0.15, 0.2) is 0 Å². The molecular formula is C13H23N5. The van der Waals surface area contributed by atoms with Crippen molar-refractivity contribution in [1.29, 1.82) is 0 Å². The maximum atomic E-state index is 5.61. The Labute approximate surface area is 109 Å². The van der Waals surface area contributed by atoms with Crippen LogP contribution in [0.4, 0.5) is 5.95 Å². The van der Waals surface area contributed by atoms with Gasteiger partial charge in [-0.25, -0.2) is 9.97 Å². The van der Waals surface area contributed by atoms with Crippen LogP contribution in [0, 0.1) is 0 Å². The third-order valence-electron chi connectivity index (χ3n) is 3.42. The number of hydrogen-bond donors (Lipinski definition) is 1. The lowest BCUT2D eigenvalue weighted by Crippen LogP contribution is -2.53. The molecule has 0 spiro atoms. The summed E-state index contributed by atoms with van der Waals surface area (Å²) < 4.78 is 0. The van der Waals surface area contributed by atoms with Crippen LogP contribution in [-0.4, -0.2) is 46.6 Å². The van der Waals surface area contributed by atoms with E-state index in [0.717, 1.165) is 37.8 Å². The van der Waals surface area contributed by atoms with Gasteiger partial charge in [0.2, 0.25) is 5.95 Å². The number of nitrogens with two attached hydrogens (primary N) is 1. The predicted molar refractivity (Wildman–Crippen MR) is 73.5 cm³/mol. The molecule has 0 unspecified atom stereocenters. The molecule has 1 aromatic rings. The van der Waals surface area contributed by atoms with Gasteiger partial charge in [0, 0.05) is 44.5 Å². The van der Waals surface area contributed by atoms with Crippen LogP contribution in [0.1, 0.15) is 26.5 Å². The number of aromatic nitrogens is 2. The summed E-state index contributed by atoms with van der Waals surface area (Å²) in [6.07, 6.45) is 1.79. The summed E-state index contributed by atoms with van der Waals surface area (Å²) >= 11 is 0. The van der Waals surface area contributed by atoms with Crippen LogP contribution >= 0.6 is 0 Å². The Morgan fingerprint density at radius 1 is 1.22 bits per heavy atom. The molecule has 5 nitrogen and oxygen atoms in total. The lowest BCUT2D eigenvalue weighted by Gasteiger charge is -2.42. The van der Waals surface area contributed by atoms with Gasteiger partial charge < -0.3 is 10.6 Å². The van der Waals surface area contributed by atoms with Crippen LogP contribution in [0.2, 0.25) is 0 Å². The number of nitrogens with zero attached hydrogens (tertiary/aromatic N) is 4. The third-order valence-corrected chi connectivity index (χ3v) is 3.42. The van der Waals surface area contributed by atoms with Gasteiger partial charge in [0.25, 0.3) is 0 Å². The average Bonchev–Trinajstić information content (AvgIpc) is 2.38. The van der Waals surface area contributed by atoms with Crippen molar-refractivity contribution in [3.05, 3.63) is 18.0 Å². The van der Waals surface area contributed by atoms with Gasteiger partial charge in [-0.15, -0.1) is 0 Å². The molecule has 0 atom stereocenters. The highest BCUT2D eigenvalue weighted by Gasteiger charge is 2.26. The zero-order valence-electron chi connectivity index (χ0n) is 11.6. The highest BCUT2D eigenvalue weighted by Crippen LogP contribution is 2.18. The number of rotatable bonds is 2. The molecule has 0 aliphatic carbocycles. The summed E-state index contributed by atoms with van der Waals surface area (Å²) in [5.41, 5.74) is 6.75. The van der Waals surface area contributed by atoms with Gasteiger partial charge in [-0.05, 0) is 26.8 Å². The van der Waals surface area contributed by atoms with Gasteiger partial charge in [-0.2, -0.15) is 0 Å². The third kappa shape index (κ3) is 2.97. The molecule has 100 valence electrons. The van der Waals surface area contributed by atoms with Crippen molar-refractivity contribution in [3.63, 3.8) is 0 Å². The van der Waals surface area contributed by atoms with E-state index in [9.17, 15) is 0 Å². The lowest BCUT2D eigenvalue weighted by molar-refractivity contribution is 0.128. The smallest absolute Gasteiger partial charge is 0.225 e. The fourth-order valence-corrected chi connectivity index (χ4v) is 2.23. The van der Waals surface area contributed by atoms with E-state index in [1.165, 1.54) is 0 Å². The van der Waals surface area contributed by atoms with E-state index in [2.05, 4.69) is 40.5 Å². The minimum Gasteiger partial charge on any atom is -0.338 e. The average molecular weight is 249 g/mol. The van der Waals surface area contributed by atoms with Crippen molar-refractivity contribution in [3.8, 4) is 0 Å². The van der Waals surface area contributed by atoms with Gasteiger partial charge in [0.1, 0.15) is 0 Å². The standard InChI is InChI=1S/C13H23N5/c1-13(2,3)18-8-6-17(7-9-18)12-15-5-4-11(10-14)16-12/h4-5H,6-10,14H2,1-3H3. The first-order valence-electron chi connectivity index (χ1n) is 6.52. The first kappa shape index (κ1) is 13.2. The molecule has 0 amide bonds. The van der Waals surface area contributed by atoms with Crippen LogP contribution in [0.5, 0.6) is 0 Å². The minimum absolute atomic E-state index is 0.242. The molecule has 1 fully saturated rings. The van der Waals surface area contributed by atoms with Crippen molar-refractivity contribution in [2.24, 2.45) is 5.73 Å². The van der Waals surface area contributed by atoms with Gasteiger partial charge >= 0.3 is 0 Å². The highest BCUT2D eigenvalue weighted by atomic mass is 15.3. The van der Waals surface area contributed by atoms with E-state index in [0.29, 0.717) is 6.54 Å². The summed E-state index contributed by atoms with van der Waals surface area (Å²) in [7, 11) is 0. The number of piperazine rings is 1. The van der Waals surface area contributed by atoms with E-state index in [1.54, 1.807) is 6.20 Å². The molecule has 1 aromatic heterocycles. The van der Waals surface area contributed by atoms with Crippen LogP contribution in [0.15, 0.2) is 12.3 Å². The molecule has 2 heterocycles. The highest BCUT2D eigenvalue weighted by molar-refractivity contribution is 5.31. The minimum atomic E-state index is 0.242. The van der Waals surface area contributed by atoms with E-state index >= 15 is 0 Å². The quantitative estimate of drug-likeness (QED) is 0.842. The van der Waals surface area contributed by atoms with Crippen LogP contribution < -0.4 is 10.6 Å². The Morgan fingerprint density at radius 3 is 2.44 bits per heavy atom. The summed E-state index contributed by atoms with van der Waals surface area (Å²) in [6.45, 7) is 11.3. The first-order valence-corrected chi connectivity index (χ1v) is 6.52. The summed E-state index contributed by atoms with van der Waals surface area (Å²) in [5.74, 6) is 0.812. The normalized spacial score (nSPS) is 18.1. The monoisotopic (exact) mass is 249 g/mol. The fraction of sp³-hybridized carbons (Fsp3) is 0.692. The van der Waals surface area contributed by atoms with Gasteiger partial charge in [-0.3, -0.25) is 4.90 Å². The van der Waals surface area contributed by atoms with E-state index in [1.807, 2.05) is 6.07 Å². The maximum Gasteiger partial charge on any atom is 0.225 e. The Kier molecular flexibility index (Phi) is 3.82. The number of hydrogen-bond acceptors (Lipinski definition) is 5. The zero-order chi connectivity index (χ0) is 13.2. The van der Waals surface area contributed by atoms with Crippen LogP contribution in [0.3, 0.4) is 0 Å². The zero-order valence-corrected chi connectivity index (χ0v) is 11.6. The Hall–Kier alpha value is -1.20. The van der Waals surface area contributed by atoms with E-state index < -0.39 is 0 Å². The predicted octanol–water partition coefficient (Wildman–Crippen LogP) is 0.856. The molecular weight excluding hydrogens is 226 g/mol. The molecule has 2 N–H and O–H groups in total. The molecule has 1 saturated heterocycles. The van der Waals surface area contributed by atoms with Crippen LogP contribution in [-0.2, 0) is 6.54 Å². The molecule has 1 aliphatic rings. The Morgan fingerprint density at radius 2 is 1.89 bits per heavy atom. The molecule has 5 heteroatoms. The second-order valence-electron chi connectivity index (χ2n) is 5.70. The summed E-state index contributed by atoms with van der Waals surface area (Å²) in [6, 6.07) is 1.87. The number of anilines is 1. The molecule has 18 heavy (non-hydrogen) atoms. The Balaban J connectivity index is 2.01. The van der Waals surface area contributed by atoms with Crippen molar-refractivity contribution >= 4 is 5.95 Å². The molecule has 0 saturated carbocycles. The molecule has 1 aliphatic heterocycles. The maximum absolute atomic E-state index is 5.61. The van der Waals surface area contributed by atoms with E-state index in [-0.39, 0.29) is 5.54 Å². The van der Waals surface area contributed by atoms with Crippen molar-refractivity contribution in [2.45, 2.75) is 32.9 Å². The largest absolute Gasteiger partial charge is 0.338 e. The molecule has 0 radical (unpaired) electrons. The molecule has 0 bridgehead atoms. The summed E-state index contributed by atoms with van der Waals surface area (Å²) in [5, 5.41) is 0. The van der Waals surface area contributed by atoms with Crippen molar-refractivity contribution < 1.29 is 0 Å². The second kappa shape index (κ2) is 5.20. The molecule has 0 aromatic carbocycles. The lowest BCUT2D eigenvalue weighted by atomic mass is 10.1. The SMILES string of the molecule is CC(C)(C)N1CCN(c2nccc(CN)n2)CC1. The van der Waals surface area contributed by atoms with Crippen molar-refractivity contribution in [2.75, 3.05) is 31.1 Å². The van der Waals surface area contributed by atoms with Crippen molar-refractivity contribution in [1.82, 2.24) is 14.9 Å². The van der Waals surface area contributed by atoms with Crippen LogP contribution in [0.25, 0.3) is 0 Å². The van der Waals surface area contributed by atoms with Gasteiger partial charge in [0.05, 0.1) is 5.69 Å². The summed E-state index contributed by atoms with van der Waals surface area (Å²) in [4.78, 5) is 13.5. The second-order valence-corrected chi connectivity index (χ2v) is 5.70. The Bertz CT molecular complexity index is 391. The fourth-order valence-electron chi connectivity index (χ4n) is 2.23. The van der Waals surface area contributed by atoms with Gasteiger partial charge in [-0.1, -0.05) is 0 Å². The van der Waals surface area contributed by atoms with E-state index in [4.69, 9.17) is 5.73 Å². The first-order chi connectivity index (χ1) is 8.50. The topological polar surface area (TPSA) is 58.3 Å². The molecule has 2 rings (SSSR count).